The molecule has 1 aliphatic rings. The summed E-state index contributed by atoms with van der Waals surface area (Å²) in [6, 6.07) is 19.7. The molecule has 0 unspecified atom stereocenters. The maximum atomic E-state index is 12.6. The molecule has 1 aromatic heterocycles. The first-order chi connectivity index (χ1) is 13.7. The van der Waals surface area contributed by atoms with E-state index in [1.807, 2.05) is 36.4 Å². The van der Waals surface area contributed by atoms with Crippen LogP contribution in [0.25, 0.3) is 0 Å². The summed E-state index contributed by atoms with van der Waals surface area (Å²) < 4.78 is 7.25. The Balaban J connectivity index is 1.41. The van der Waals surface area contributed by atoms with Gasteiger partial charge in [0.1, 0.15) is 11.5 Å². The Kier molecular flexibility index (Phi) is 5.19. The SMILES string of the molecule is O=C(NCCn1nc(C2CC2)ccc1=O)c1ccccc1Oc1ccccc1. The molecule has 0 radical (unpaired) electrons. The van der Waals surface area contributed by atoms with Gasteiger partial charge in [-0.15, -0.1) is 0 Å². The Morgan fingerprint density at radius 3 is 2.57 bits per heavy atom. The number of nitrogens with zero attached hydrogens (tertiary/aromatic N) is 2. The number of ether oxygens (including phenoxy) is 1. The molecule has 1 N–H and O–H groups in total. The molecule has 1 heterocycles. The zero-order valence-electron chi connectivity index (χ0n) is 15.4. The second-order valence-electron chi connectivity index (χ2n) is 6.76. The summed E-state index contributed by atoms with van der Waals surface area (Å²) in [5.74, 6) is 1.37. The Labute approximate surface area is 162 Å². The summed E-state index contributed by atoms with van der Waals surface area (Å²) in [5, 5.41) is 7.25. The molecule has 142 valence electrons. The molecule has 0 saturated heterocycles. The van der Waals surface area contributed by atoms with Crippen LogP contribution in [-0.4, -0.2) is 22.2 Å². The van der Waals surface area contributed by atoms with Crippen molar-refractivity contribution in [3.8, 4) is 11.5 Å². The Morgan fingerprint density at radius 2 is 1.79 bits per heavy atom. The number of rotatable bonds is 7. The second-order valence-corrected chi connectivity index (χ2v) is 6.76. The molecule has 1 saturated carbocycles. The number of hydrogen-bond acceptors (Lipinski definition) is 4. The predicted octanol–water partition coefficient (Wildman–Crippen LogP) is 3.34. The molecule has 0 aliphatic heterocycles. The number of nitrogens with one attached hydrogen (secondary N) is 1. The van der Waals surface area contributed by atoms with Crippen LogP contribution in [0.5, 0.6) is 11.5 Å². The highest BCUT2D eigenvalue weighted by molar-refractivity contribution is 5.96. The number of carbonyl (C=O) groups is 1. The van der Waals surface area contributed by atoms with Gasteiger partial charge in [-0.3, -0.25) is 9.59 Å². The number of aromatic nitrogens is 2. The van der Waals surface area contributed by atoms with Crippen molar-refractivity contribution in [1.29, 1.82) is 0 Å². The number of carbonyl (C=O) groups excluding carboxylic acids is 1. The third kappa shape index (κ3) is 4.28. The summed E-state index contributed by atoms with van der Waals surface area (Å²) in [4.78, 5) is 24.6. The molecule has 0 atom stereocenters. The predicted molar refractivity (Wildman–Crippen MR) is 106 cm³/mol. The standard InChI is InChI=1S/C22H21N3O3/c26-21-13-12-19(16-10-11-16)24-25(21)15-14-23-22(27)18-8-4-5-9-20(18)28-17-6-2-1-3-7-17/h1-9,12-13,16H,10-11,14-15H2,(H,23,27). The Bertz CT molecular complexity index is 1030. The van der Waals surface area contributed by atoms with Gasteiger partial charge in [0.05, 0.1) is 17.8 Å². The smallest absolute Gasteiger partial charge is 0.266 e. The highest BCUT2D eigenvalue weighted by Gasteiger charge is 2.25. The minimum Gasteiger partial charge on any atom is -0.457 e. The lowest BCUT2D eigenvalue weighted by molar-refractivity contribution is 0.0949. The first kappa shape index (κ1) is 18.0. The van der Waals surface area contributed by atoms with Crippen molar-refractivity contribution in [1.82, 2.24) is 15.1 Å². The van der Waals surface area contributed by atoms with E-state index in [0.29, 0.717) is 36.1 Å². The molecule has 28 heavy (non-hydrogen) atoms. The van der Waals surface area contributed by atoms with Crippen molar-refractivity contribution in [2.24, 2.45) is 0 Å². The molecule has 1 amide bonds. The van der Waals surface area contributed by atoms with E-state index < -0.39 is 0 Å². The van der Waals surface area contributed by atoms with E-state index in [0.717, 1.165) is 18.5 Å². The van der Waals surface area contributed by atoms with Crippen molar-refractivity contribution >= 4 is 5.91 Å². The van der Waals surface area contributed by atoms with Crippen LogP contribution in [0.3, 0.4) is 0 Å². The minimum atomic E-state index is -0.252. The zero-order valence-corrected chi connectivity index (χ0v) is 15.4. The van der Waals surface area contributed by atoms with Crippen LogP contribution in [-0.2, 0) is 6.54 Å². The number of para-hydroxylation sites is 2. The van der Waals surface area contributed by atoms with E-state index in [1.54, 1.807) is 30.3 Å². The molecule has 1 aliphatic carbocycles. The maximum Gasteiger partial charge on any atom is 0.266 e. The first-order valence-corrected chi connectivity index (χ1v) is 9.39. The summed E-state index contributed by atoms with van der Waals surface area (Å²) in [7, 11) is 0. The third-order valence-electron chi connectivity index (χ3n) is 4.59. The lowest BCUT2D eigenvalue weighted by Gasteiger charge is -2.12. The third-order valence-corrected chi connectivity index (χ3v) is 4.59. The highest BCUT2D eigenvalue weighted by Crippen LogP contribution is 2.38. The van der Waals surface area contributed by atoms with Gasteiger partial charge >= 0.3 is 0 Å². The van der Waals surface area contributed by atoms with Crippen molar-refractivity contribution < 1.29 is 9.53 Å². The van der Waals surface area contributed by atoms with Crippen LogP contribution in [0.15, 0.2) is 71.5 Å². The van der Waals surface area contributed by atoms with Gasteiger partial charge in [-0.2, -0.15) is 5.10 Å². The van der Waals surface area contributed by atoms with Crippen molar-refractivity contribution in [3.63, 3.8) is 0 Å². The summed E-state index contributed by atoms with van der Waals surface area (Å²) in [6.07, 6.45) is 2.25. The maximum absolute atomic E-state index is 12.6. The summed E-state index contributed by atoms with van der Waals surface area (Å²) >= 11 is 0. The van der Waals surface area contributed by atoms with E-state index in [-0.39, 0.29) is 11.5 Å². The fourth-order valence-electron chi connectivity index (χ4n) is 2.95. The van der Waals surface area contributed by atoms with Gasteiger partial charge in [-0.25, -0.2) is 4.68 Å². The lowest BCUT2D eigenvalue weighted by atomic mass is 10.2. The summed E-state index contributed by atoms with van der Waals surface area (Å²) in [6.45, 7) is 0.631. The molecule has 0 spiro atoms. The van der Waals surface area contributed by atoms with E-state index in [1.165, 1.54) is 4.68 Å². The number of hydrogen-bond donors (Lipinski definition) is 1. The normalized spacial score (nSPS) is 13.1. The van der Waals surface area contributed by atoms with Gasteiger partial charge in [0.2, 0.25) is 0 Å². The molecular formula is C22H21N3O3. The van der Waals surface area contributed by atoms with Gasteiger partial charge in [-0.05, 0) is 43.2 Å². The average Bonchev–Trinajstić information content (AvgIpc) is 3.56. The number of amides is 1. The fraction of sp³-hybridized carbons (Fsp3) is 0.227. The van der Waals surface area contributed by atoms with Crippen LogP contribution in [0.4, 0.5) is 0 Å². The molecule has 2 aromatic carbocycles. The van der Waals surface area contributed by atoms with E-state index in [4.69, 9.17) is 4.74 Å². The quantitative estimate of drug-likeness (QED) is 0.687. The largest absolute Gasteiger partial charge is 0.457 e. The molecule has 6 heteroatoms. The Morgan fingerprint density at radius 1 is 1.04 bits per heavy atom. The fourth-order valence-corrected chi connectivity index (χ4v) is 2.95. The topological polar surface area (TPSA) is 73.2 Å². The van der Waals surface area contributed by atoms with E-state index in [2.05, 4.69) is 10.4 Å². The minimum absolute atomic E-state index is 0.161. The van der Waals surface area contributed by atoms with Crippen LogP contribution in [0.1, 0.15) is 34.8 Å². The van der Waals surface area contributed by atoms with Gasteiger partial charge in [-0.1, -0.05) is 30.3 Å². The first-order valence-electron chi connectivity index (χ1n) is 9.39. The molecule has 1 fully saturated rings. The highest BCUT2D eigenvalue weighted by atomic mass is 16.5. The van der Waals surface area contributed by atoms with Crippen molar-refractivity contribution in [2.75, 3.05) is 6.54 Å². The number of benzene rings is 2. The molecule has 0 bridgehead atoms. The molecule has 6 nitrogen and oxygen atoms in total. The van der Waals surface area contributed by atoms with Crippen molar-refractivity contribution in [2.45, 2.75) is 25.3 Å². The van der Waals surface area contributed by atoms with Gasteiger partial charge in [0, 0.05) is 18.5 Å². The Hall–Kier alpha value is -3.41. The monoisotopic (exact) mass is 375 g/mol. The molecule has 4 rings (SSSR count). The molecular weight excluding hydrogens is 354 g/mol. The lowest BCUT2D eigenvalue weighted by Crippen LogP contribution is -2.32. The van der Waals surface area contributed by atoms with Crippen LogP contribution < -0.4 is 15.6 Å². The van der Waals surface area contributed by atoms with Crippen LogP contribution in [0, 0.1) is 0 Å². The van der Waals surface area contributed by atoms with Crippen LogP contribution in [0.2, 0.25) is 0 Å². The second kappa shape index (κ2) is 8.08. The van der Waals surface area contributed by atoms with Crippen molar-refractivity contribution in [3.05, 3.63) is 88.3 Å². The van der Waals surface area contributed by atoms with Gasteiger partial charge in [0.15, 0.2) is 0 Å². The summed E-state index contributed by atoms with van der Waals surface area (Å²) in [5.41, 5.74) is 1.23. The van der Waals surface area contributed by atoms with Crippen LogP contribution >= 0.6 is 0 Å². The zero-order chi connectivity index (χ0) is 19.3. The molecule has 3 aromatic rings. The average molecular weight is 375 g/mol. The van der Waals surface area contributed by atoms with Gasteiger partial charge in [0.25, 0.3) is 11.5 Å². The van der Waals surface area contributed by atoms with E-state index >= 15 is 0 Å². The van der Waals surface area contributed by atoms with E-state index in [9.17, 15) is 9.59 Å². The van der Waals surface area contributed by atoms with Gasteiger partial charge < -0.3 is 10.1 Å².